The van der Waals surface area contributed by atoms with E-state index in [0.717, 1.165) is 12.1 Å². The van der Waals surface area contributed by atoms with Crippen LogP contribution in [0.4, 0.5) is 13.2 Å². The van der Waals surface area contributed by atoms with Crippen LogP contribution >= 0.6 is 0 Å². The number of rotatable bonds is 4. The largest absolute Gasteiger partial charge is 0.573 e. The van der Waals surface area contributed by atoms with E-state index in [-0.39, 0.29) is 11.5 Å². The van der Waals surface area contributed by atoms with Gasteiger partial charge in [0.1, 0.15) is 11.5 Å². The maximum absolute atomic E-state index is 11.9. The lowest BCUT2D eigenvalue weighted by Crippen LogP contribution is -2.17. The minimum atomic E-state index is -4.75. The molecule has 4 nitrogen and oxygen atoms in total. The molecule has 7 heteroatoms. The molecule has 0 heterocycles. The van der Waals surface area contributed by atoms with Crippen molar-refractivity contribution in [3.8, 4) is 11.5 Å². The lowest BCUT2D eigenvalue weighted by atomic mass is 10.2. The van der Waals surface area contributed by atoms with Crippen molar-refractivity contribution in [3.05, 3.63) is 23.8 Å². The summed E-state index contributed by atoms with van der Waals surface area (Å²) in [6, 6.07) is 3.39. The average Bonchev–Trinajstić information content (AvgIpc) is 2.13. The van der Waals surface area contributed by atoms with Gasteiger partial charge in [0.2, 0.25) is 0 Å². The molecule has 0 amide bonds. The van der Waals surface area contributed by atoms with Gasteiger partial charge in [0, 0.05) is 0 Å². The topological polar surface area (TPSA) is 55.8 Å². The molecule has 1 aromatic rings. The third-order valence-electron chi connectivity index (χ3n) is 1.73. The summed E-state index contributed by atoms with van der Waals surface area (Å²) in [5.74, 6) is -1.35. The van der Waals surface area contributed by atoms with Crippen LogP contribution in [-0.4, -0.2) is 24.0 Å². The van der Waals surface area contributed by atoms with Crippen molar-refractivity contribution in [1.29, 1.82) is 0 Å². The van der Waals surface area contributed by atoms with E-state index >= 15 is 0 Å². The van der Waals surface area contributed by atoms with Crippen LogP contribution in [0.25, 0.3) is 0 Å². The maximum Gasteiger partial charge on any atom is 0.573 e. The van der Waals surface area contributed by atoms with Crippen molar-refractivity contribution in [2.75, 3.05) is 6.61 Å². The molecule has 0 unspecified atom stereocenters. The molecule has 0 atom stereocenters. The molecular formula is C10H9F3O4. The van der Waals surface area contributed by atoms with E-state index in [1.807, 2.05) is 0 Å². The summed E-state index contributed by atoms with van der Waals surface area (Å²) in [6.45, 7) is 0.931. The molecule has 17 heavy (non-hydrogen) atoms. The molecule has 1 rings (SSSR count). The Kier molecular flexibility index (Phi) is 3.82. The summed E-state index contributed by atoms with van der Waals surface area (Å²) in [5.41, 5.74) is 0.355. The summed E-state index contributed by atoms with van der Waals surface area (Å²) in [4.78, 5) is 10.2. The zero-order valence-corrected chi connectivity index (χ0v) is 8.75. The first-order valence-corrected chi connectivity index (χ1v) is 4.49. The fourth-order valence-electron chi connectivity index (χ4n) is 1.12. The maximum atomic E-state index is 11.9. The number of carboxylic acids is 1. The second-order valence-corrected chi connectivity index (χ2v) is 3.16. The zero-order valence-electron chi connectivity index (χ0n) is 8.75. The minimum absolute atomic E-state index is 0.196. The number of hydrogen-bond donors (Lipinski definition) is 1. The molecule has 0 aliphatic heterocycles. The van der Waals surface area contributed by atoms with E-state index in [9.17, 15) is 18.0 Å². The van der Waals surface area contributed by atoms with Crippen LogP contribution < -0.4 is 9.47 Å². The number of carbonyl (C=O) groups is 1. The van der Waals surface area contributed by atoms with E-state index in [2.05, 4.69) is 4.74 Å². The molecule has 0 aliphatic carbocycles. The fourth-order valence-corrected chi connectivity index (χ4v) is 1.12. The molecule has 0 spiro atoms. The number of ether oxygens (including phenoxy) is 2. The smallest absolute Gasteiger partial charge is 0.482 e. The SMILES string of the molecule is Cc1cc(OC(F)(F)F)ccc1OCC(=O)O. The number of alkyl halides is 3. The second kappa shape index (κ2) is 4.94. The van der Waals surface area contributed by atoms with E-state index in [0.29, 0.717) is 5.56 Å². The van der Waals surface area contributed by atoms with Crippen LogP contribution in [0, 0.1) is 6.92 Å². The zero-order chi connectivity index (χ0) is 13.1. The normalized spacial score (nSPS) is 11.1. The first-order valence-electron chi connectivity index (χ1n) is 4.49. The Morgan fingerprint density at radius 3 is 2.53 bits per heavy atom. The Balaban J connectivity index is 2.76. The Hall–Kier alpha value is -1.92. The van der Waals surface area contributed by atoms with Crippen molar-refractivity contribution in [2.24, 2.45) is 0 Å². The summed E-state index contributed by atoms with van der Waals surface area (Å²) < 4.78 is 44.2. The lowest BCUT2D eigenvalue weighted by molar-refractivity contribution is -0.274. The van der Waals surface area contributed by atoms with Crippen molar-refractivity contribution in [2.45, 2.75) is 13.3 Å². The number of aryl methyl sites for hydroxylation is 1. The number of aliphatic carboxylic acids is 1. The first kappa shape index (κ1) is 13.1. The highest BCUT2D eigenvalue weighted by atomic mass is 19.4. The first-order chi connectivity index (χ1) is 7.78. The average molecular weight is 250 g/mol. The Bertz CT molecular complexity index is 415. The Labute approximate surface area is 94.6 Å². The van der Waals surface area contributed by atoms with Crippen molar-refractivity contribution in [1.82, 2.24) is 0 Å². The van der Waals surface area contributed by atoms with Crippen LogP contribution in [-0.2, 0) is 4.79 Å². The highest BCUT2D eigenvalue weighted by Crippen LogP contribution is 2.27. The van der Waals surface area contributed by atoms with Gasteiger partial charge in [-0.25, -0.2) is 4.79 Å². The molecule has 0 radical (unpaired) electrons. The van der Waals surface area contributed by atoms with E-state index in [1.165, 1.54) is 13.0 Å². The highest BCUT2D eigenvalue weighted by Gasteiger charge is 2.31. The van der Waals surface area contributed by atoms with Gasteiger partial charge in [0.25, 0.3) is 0 Å². The van der Waals surface area contributed by atoms with Crippen molar-refractivity contribution < 1.29 is 32.5 Å². The predicted octanol–water partition coefficient (Wildman–Crippen LogP) is 2.36. The Morgan fingerprint density at radius 1 is 1.41 bits per heavy atom. The summed E-state index contributed by atoms with van der Waals surface area (Å²) >= 11 is 0. The number of benzene rings is 1. The second-order valence-electron chi connectivity index (χ2n) is 3.16. The third-order valence-corrected chi connectivity index (χ3v) is 1.73. The monoisotopic (exact) mass is 250 g/mol. The molecule has 1 aromatic carbocycles. The van der Waals surface area contributed by atoms with Crippen molar-refractivity contribution in [3.63, 3.8) is 0 Å². The van der Waals surface area contributed by atoms with Gasteiger partial charge in [-0.05, 0) is 30.7 Å². The highest BCUT2D eigenvalue weighted by molar-refractivity contribution is 5.68. The van der Waals surface area contributed by atoms with Crippen LogP contribution in [0.3, 0.4) is 0 Å². The van der Waals surface area contributed by atoms with Gasteiger partial charge in [-0.3, -0.25) is 0 Å². The predicted molar refractivity (Wildman–Crippen MR) is 51.0 cm³/mol. The van der Waals surface area contributed by atoms with E-state index in [4.69, 9.17) is 9.84 Å². The van der Waals surface area contributed by atoms with Crippen LogP contribution in [0.15, 0.2) is 18.2 Å². The summed E-state index contributed by atoms with van der Waals surface area (Å²) in [5, 5.41) is 8.37. The molecule has 1 N–H and O–H groups in total. The molecule has 0 fully saturated rings. The number of carboxylic acid groups (broad SMARTS) is 1. The summed E-state index contributed by atoms with van der Waals surface area (Å²) in [7, 11) is 0. The molecule has 0 aliphatic rings. The molecule has 0 saturated heterocycles. The molecule has 0 saturated carbocycles. The van der Waals surface area contributed by atoms with Gasteiger partial charge >= 0.3 is 12.3 Å². The van der Waals surface area contributed by atoms with Crippen LogP contribution in [0.5, 0.6) is 11.5 Å². The van der Waals surface area contributed by atoms with Gasteiger partial charge in [-0.15, -0.1) is 13.2 Å². The summed E-state index contributed by atoms with van der Waals surface area (Å²) in [6.07, 6.45) is -4.75. The van der Waals surface area contributed by atoms with Gasteiger partial charge < -0.3 is 14.6 Å². The molecule has 0 bridgehead atoms. The number of hydrogen-bond acceptors (Lipinski definition) is 3. The van der Waals surface area contributed by atoms with Crippen molar-refractivity contribution >= 4 is 5.97 Å². The standard InChI is InChI=1S/C10H9F3O4/c1-6-4-7(17-10(11,12)13)2-3-8(6)16-5-9(14)15/h2-4H,5H2,1H3,(H,14,15). The van der Waals surface area contributed by atoms with Crippen LogP contribution in [0.1, 0.15) is 5.56 Å². The lowest BCUT2D eigenvalue weighted by Gasteiger charge is -2.11. The van der Waals surface area contributed by atoms with Gasteiger partial charge in [-0.2, -0.15) is 0 Å². The van der Waals surface area contributed by atoms with E-state index < -0.39 is 18.9 Å². The number of halogens is 3. The third kappa shape index (κ3) is 4.62. The minimum Gasteiger partial charge on any atom is -0.482 e. The fraction of sp³-hybridized carbons (Fsp3) is 0.300. The van der Waals surface area contributed by atoms with Gasteiger partial charge in [0.15, 0.2) is 6.61 Å². The van der Waals surface area contributed by atoms with Gasteiger partial charge in [-0.1, -0.05) is 0 Å². The van der Waals surface area contributed by atoms with Gasteiger partial charge in [0.05, 0.1) is 0 Å². The molecular weight excluding hydrogens is 241 g/mol. The van der Waals surface area contributed by atoms with Crippen LogP contribution in [0.2, 0.25) is 0 Å². The molecule has 94 valence electrons. The molecule has 0 aromatic heterocycles. The van der Waals surface area contributed by atoms with E-state index in [1.54, 1.807) is 0 Å². The Morgan fingerprint density at radius 2 is 2.06 bits per heavy atom. The quantitative estimate of drug-likeness (QED) is 0.891.